The maximum atomic E-state index is 13.0. The van der Waals surface area contributed by atoms with Crippen LogP contribution in [-0.2, 0) is 11.3 Å². The zero-order chi connectivity index (χ0) is 21.8. The zero-order valence-electron chi connectivity index (χ0n) is 18.8. The average Bonchev–Trinajstić information content (AvgIpc) is 3.09. The number of nitrogens with zero attached hydrogens (tertiary/aromatic N) is 3. The van der Waals surface area contributed by atoms with Crippen molar-refractivity contribution < 1.29 is 14.3 Å². The van der Waals surface area contributed by atoms with E-state index in [1.807, 2.05) is 32.1 Å². The number of fused-ring (bicyclic) bond motifs is 1. The van der Waals surface area contributed by atoms with E-state index in [2.05, 4.69) is 46.2 Å². The number of hydrogen-bond donors (Lipinski definition) is 0. The van der Waals surface area contributed by atoms with Gasteiger partial charge in [0.05, 0.1) is 19.8 Å². The average molecular weight is 424 g/mol. The summed E-state index contributed by atoms with van der Waals surface area (Å²) >= 11 is 0. The maximum Gasteiger partial charge on any atom is 0.236 e. The monoisotopic (exact) mass is 423 g/mol. The Morgan fingerprint density at radius 1 is 1.00 bits per heavy atom. The third-order valence-corrected chi connectivity index (χ3v) is 6.16. The summed E-state index contributed by atoms with van der Waals surface area (Å²) in [6, 6.07) is 14.8. The molecular weight excluding hydrogens is 390 g/mol. The van der Waals surface area contributed by atoms with Gasteiger partial charge in [0.2, 0.25) is 5.91 Å². The number of rotatable bonds is 6. The SMILES string of the molecule is CN(Cc1ccc(N(C)C)cc1)C(=O)CN1CCC[C@@H]1c1ccc2c(c1)OCCCO2. The number of hydrogen-bond acceptors (Lipinski definition) is 5. The minimum absolute atomic E-state index is 0.151. The first-order valence-corrected chi connectivity index (χ1v) is 11.1. The number of likely N-dealkylation sites (N-methyl/N-ethyl adjacent to an activating group) is 1. The molecule has 2 aliphatic rings. The van der Waals surface area contributed by atoms with Gasteiger partial charge in [0.15, 0.2) is 11.5 Å². The van der Waals surface area contributed by atoms with Crippen LogP contribution in [0.2, 0.25) is 0 Å². The Hall–Kier alpha value is -2.73. The minimum atomic E-state index is 0.151. The number of carbonyl (C=O) groups excluding carboxylic acids is 1. The molecule has 6 nitrogen and oxygen atoms in total. The van der Waals surface area contributed by atoms with Crippen LogP contribution in [0.3, 0.4) is 0 Å². The molecule has 1 amide bonds. The van der Waals surface area contributed by atoms with Gasteiger partial charge in [0.25, 0.3) is 0 Å². The van der Waals surface area contributed by atoms with E-state index in [0.717, 1.165) is 48.6 Å². The van der Waals surface area contributed by atoms with Gasteiger partial charge in [-0.15, -0.1) is 0 Å². The first kappa shape index (κ1) is 21.5. The van der Waals surface area contributed by atoms with Crippen molar-refractivity contribution in [1.82, 2.24) is 9.80 Å². The van der Waals surface area contributed by atoms with Crippen molar-refractivity contribution in [1.29, 1.82) is 0 Å². The fourth-order valence-corrected chi connectivity index (χ4v) is 4.34. The summed E-state index contributed by atoms with van der Waals surface area (Å²) in [5, 5.41) is 0. The second kappa shape index (κ2) is 9.60. The highest BCUT2D eigenvalue weighted by Crippen LogP contribution is 2.37. The standard InChI is InChI=1S/C25H33N3O3/c1-26(2)21-10-7-19(8-11-21)17-27(3)25(29)18-28-13-4-6-22(28)20-9-12-23-24(16-20)31-15-5-14-30-23/h7-12,16,22H,4-6,13-15,17-18H2,1-3H3/t22-/m1/s1. The lowest BCUT2D eigenvalue weighted by Gasteiger charge is -2.27. The molecule has 2 aliphatic heterocycles. The van der Waals surface area contributed by atoms with E-state index >= 15 is 0 Å². The molecule has 1 fully saturated rings. The van der Waals surface area contributed by atoms with Crippen LogP contribution in [0.25, 0.3) is 0 Å². The fraction of sp³-hybridized carbons (Fsp3) is 0.480. The van der Waals surface area contributed by atoms with Crippen LogP contribution in [-0.4, -0.2) is 63.2 Å². The Balaban J connectivity index is 1.38. The number of amides is 1. The Morgan fingerprint density at radius 2 is 1.74 bits per heavy atom. The Bertz CT molecular complexity index is 897. The highest BCUT2D eigenvalue weighted by Gasteiger charge is 2.29. The lowest BCUT2D eigenvalue weighted by Crippen LogP contribution is -2.37. The molecule has 2 aromatic carbocycles. The van der Waals surface area contributed by atoms with Crippen LogP contribution in [0.4, 0.5) is 5.69 Å². The molecule has 0 radical (unpaired) electrons. The number of likely N-dealkylation sites (tertiary alicyclic amines) is 1. The van der Waals surface area contributed by atoms with Crippen molar-refractivity contribution >= 4 is 11.6 Å². The summed E-state index contributed by atoms with van der Waals surface area (Å²) in [4.78, 5) is 19.2. The molecule has 1 atom stereocenters. The third-order valence-electron chi connectivity index (χ3n) is 6.16. The van der Waals surface area contributed by atoms with E-state index in [1.165, 1.54) is 5.56 Å². The number of ether oxygens (including phenoxy) is 2. The van der Waals surface area contributed by atoms with Gasteiger partial charge >= 0.3 is 0 Å². The van der Waals surface area contributed by atoms with Gasteiger partial charge in [-0.25, -0.2) is 0 Å². The van der Waals surface area contributed by atoms with E-state index in [1.54, 1.807) is 0 Å². The van der Waals surface area contributed by atoms with Crippen molar-refractivity contribution in [2.75, 3.05) is 52.3 Å². The molecule has 0 aromatic heterocycles. The van der Waals surface area contributed by atoms with Crippen LogP contribution >= 0.6 is 0 Å². The van der Waals surface area contributed by atoms with Gasteiger partial charge in [-0.1, -0.05) is 18.2 Å². The van der Waals surface area contributed by atoms with E-state index in [0.29, 0.717) is 26.3 Å². The smallest absolute Gasteiger partial charge is 0.236 e. The lowest BCUT2D eigenvalue weighted by atomic mass is 10.0. The molecule has 0 aliphatic carbocycles. The second-order valence-corrected chi connectivity index (χ2v) is 8.70. The maximum absolute atomic E-state index is 13.0. The third kappa shape index (κ3) is 5.13. The Labute approximate surface area is 185 Å². The van der Waals surface area contributed by atoms with Crippen LogP contribution in [0.5, 0.6) is 11.5 Å². The summed E-state index contributed by atoms with van der Waals surface area (Å²) in [7, 11) is 5.95. The van der Waals surface area contributed by atoms with Crippen LogP contribution in [0, 0.1) is 0 Å². The molecule has 2 aromatic rings. The van der Waals surface area contributed by atoms with Crippen molar-refractivity contribution in [2.45, 2.75) is 31.8 Å². The first-order chi connectivity index (χ1) is 15.0. The largest absolute Gasteiger partial charge is 0.490 e. The van der Waals surface area contributed by atoms with Crippen molar-refractivity contribution in [2.24, 2.45) is 0 Å². The summed E-state index contributed by atoms with van der Waals surface area (Å²) < 4.78 is 11.6. The molecule has 0 spiro atoms. The van der Waals surface area contributed by atoms with E-state index in [9.17, 15) is 4.79 Å². The van der Waals surface area contributed by atoms with Crippen LogP contribution < -0.4 is 14.4 Å². The number of carbonyl (C=O) groups is 1. The highest BCUT2D eigenvalue weighted by atomic mass is 16.5. The van der Waals surface area contributed by atoms with Gasteiger partial charge in [0.1, 0.15) is 0 Å². The molecule has 1 saturated heterocycles. The molecule has 0 unspecified atom stereocenters. The van der Waals surface area contributed by atoms with E-state index in [-0.39, 0.29) is 11.9 Å². The highest BCUT2D eigenvalue weighted by molar-refractivity contribution is 5.78. The normalized spacial score (nSPS) is 18.5. The molecule has 166 valence electrons. The summed E-state index contributed by atoms with van der Waals surface area (Å²) in [6.07, 6.45) is 3.06. The Kier molecular flexibility index (Phi) is 6.66. The van der Waals surface area contributed by atoms with E-state index < -0.39 is 0 Å². The topological polar surface area (TPSA) is 45.2 Å². The molecule has 0 saturated carbocycles. The van der Waals surface area contributed by atoms with E-state index in [4.69, 9.17) is 9.47 Å². The van der Waals surface area contributed by atoms with Crippen molar-refractivity contribution in [3.63, 3.8) is 0 Å². The quantitative estimate of drug-likeness (QED) is 0.709. The number of anilines is 1. The molecule has 6 heteroatoms. The molecule has 31 heavy (non-hydrogen) atoms. The van der Waals surface area contributed by atoms with Crippen LogP contribution in [0.1, 0.15) is 36.4 Å². The molecule has 0 N–H and O–H groups in total. The summed E-state index contributed by atoms with van der Waals surface area (Å²) in [6.45, 7) is 3.38. The molecule has 2 heterocycles. The van der Waals surface area contributed by atoms with Gasteiger partial charge in [-0.2, -0.15) is 0 Å². The minimum Gasteiger partial charge on any atom is -0.490 e. The van der Waals surface area contributed by atoms with Crippen molar-refractivity contribution in [3.8, 4) is 11.5 Å². The fourth-order valence-electron chi connectivity index (χ4n) is 4.34. The predicted molar refractivity (Wildman–Crippen MR) is 123 cm³/mol. The Morgan fingerprint density at radius 3 is 2.48 bits per heavy atom. The predicted octanol–water partition coefficient (Wildman–Crippen LogP) is 3.71. The second-order valence-electron chi connectivity index (χ2n) is 8.70. The zero-order valence-corrected chi connectivity index (χ0v) is 18.8. The van der Waals surface area contributed by atoms with Gasteiger partial charge < -0.3 is 19.3 Å². The molecule has 4 rings (SSSR count). The van der Waals surface area contributed by atoms with Gasteiger partial charge in [-0.05, 0) is 54.8 Å². The van der Waals surface area contributed by atoms with Crippen LogP contribution in [0.15, 0.2) is 42.5 Å². The first-order valence-electron chi connectivity index (χ1n) is 11.1. The molecule has 0 bridgehead atoms. The number of benzene rings is 2. The summed E-state index contributed by atoms with van der Waals surface area (Å²) in [5.74, 6) is 1.80. The van der Waals surface area contributed by atoms with Crippen molar-refractivity contribution in [3.05, 3.63) is 53.6 Å². The van der Waals surface area contributed by atoms with Gasteiger partial charge in [-0.3, -0.25) is 9.69 Å². The molecular formula is C25H33N3O3. The summed E-state index contributed by atoms with van der Waals surface area (Å²) in [5.41, 5.74) is 3.51. The van der Waals surface area contributed by atoms with Gasteiger partial charge in [0, 0.05) is 45.8 Å². The lowest BCUT2D eigenvalue weighted by molar-refractivity contribution is -0.131.